The number of benzene rings is 1. The van der Waals surface area contributed by atoms with Crippen LogP contribution in [-0.4, -0.2) is 54.2 Å². The highest BCUT2D eigenvalue weighted by Crippen LogP contribution is 2.18. The van der Waals surface area contributed by atoms with Crippen molar-refractivity contribution in [2.24, 2.45) is 0 Å². The molecule has 1 aliphatic heterocycles. The van der Waals surface area contributed by atoms with E-state index in [4.69, 9.17) is 5.41 Å². The Kier molecular flexibility index (Phi) is 4.24. The topological polar surface area (TPSA) is 73.5 Å². The predicted octanol–water partition coefficient (Wildman–Crippen LogP) is 1.34. The van der Waals surface area contributed by atoms with E-state index in [1.54, 1.807) is 6.07 Å². The summed E-state index contributed by atoms with van der Waals surface area (Å²) in [6.07, 6.45) is 1.19. The third-order valence-electron chi connectivity index (χ3n) is 3.49. The minimum Gasteiger partial charge on any atom is -0.308 e. The molecule has 6 heteroatoms. The highest BCUT2D eigenvalue weighted by atomic mass is 16.6. The molecule has 1 N–H and O–H groups in total. The molecule has 1 aromatic carbocycles. The van der Waals surface area contributed by atoms with Gasteiger partial charge in [0.2, 0.25) is 0 Å². The first-order valence-electron chi connectivity index (χ1n) is 6.29. The van der Waals surface area contributed by atoms with Gasteiger partial charge in [-0.3, -0.25) is 15.0 Å². The van der Waals surface area contributed by atoms with Gasteiger partial charge >= 0.3 is 0 Å². The van der Waals surface area contributed by atoms with Crippen molar-refractivity contribution in [2.75, 3.05) is 33.2 Å². The van der Waals surface area contributed by atoms with Crippen molar-refractivity contribution in [2.45, 2.75) is 6.54 Å². The highest BCUT2D eigenvalue weighted by molar-refractivity contribution is 5.80. The van der Waals surface area contributed by atoms with Crippen LogP contribution in [0.3, 0.4) is 0 Å². The molecule has 1 heterocycles. The first kappa shape index (κ1) is 13.6. The van der Waals surface area contributed by atoms with Gasteiger partial charge in [0, 0.05) is 56.6 Å². The van der Waals surface area contributed by atoms with Crippen molar-refractivity contribution in [3.05, 3.63) is 39.4 Å². The Morgan fingerprint density at radius 2 is 2.05 bits per heavy atom. The second-order valence-electron chi connectivity index (χ2n) is 4.86. The molecule has 0 amide bonds. The zero-order valence-electron chi connectivity index (χ0n) is 11.0. The van der Waals surface area contributed by atoms with Gasteiger partial charge in [-0.15, -0.1) is 0 Å². The zero-order valence-corrected chi connectivity index (χ0v) is 11.0. The lowest BCUT2D eigenvalue weighted by molar-refractivity contribution is -0.384. The summed E-state index contributed by atoms with van der Waals surface area (Å²) in [6, 6.07) is 4.74. The molecule has 0 bridgehead atoms. The SMILES string of the molecule is CN1CCN(Cc2ccc([N+](=O)[O-])cc2C=N)CC1. The molecule has 6 nitrogen and oxygen atoms in total. The van der Waals surface area contributed by atoms with Gasteiger partial charge in [-0.2, -0.15) is 0 Å². The van der Waals surface area contributed by atoms with E-state index < -0.39 is 4.92 Å². The predicted molar refractivity (Wildman–Crippen MR) is 73.8 cm³/mol. The van der Waals surface area contributed by atoms with Gasteiger partial charge in [0.05, 0.1) is 4.92 Å². The molecule has 1 saturated heterocycles. The lowest BCUT2D eigenvalue weighted by atomic mass is 10.1. The number of hydrogen-bond acceptors (Lipinski definition) is 5. The quantitative estimate of drug-likeness (QED) is 0.505. The molecule has 1 fully saturated rings. The minimum absolute atomic E-state index is 0.0422. The van der Waals surface area contributed by atoms with E-state index in [1.807, 2.05) is 0 Å². The number of nitro benzene ring substituents is 1. The molecule has 19 heavy (non-hydrogen) atoms. The van der Waals surface area contributed by atoms with E-state index in [-0.39, 0.29) is 5.69 Å². The van der Waals surface area contributed by atoms with E-state index in [9.17, 15) is 10.1 Å². The summed E-state index contributed by atoms with van der Waals surface area (Å²) in [5.74, 6) is 0. The third-order valence-corrected chi connectivity index (χ3v) is 3.49. The van der Waals surface area contributed by atoms with Crippen molar-refractivity contribution >= 4 is 11.9 Å². The van der Waals surface area contributed by atoms with Crippen LogP contribution < -0.4 is 0 Å². The van der Waals surface area contributed by atoms with Gasteiger partial charge in [-0.05, 0) is 12.6 Å². The van der Waals surface area contributed by atoms with Gasteiger partial charge in [-0.25, -0.2) is 0 Å². The number of likely N-dealkylation sites (N-methyl/N-ethyl adjacent to an activating group) is 1. The fourth-order valence-corrected chi connectivity index (χ4v) is 2.22. The Bertz CT molecular complexity index is 482. The number of piperazine rings is 1. The molecule has 0 atom stereocenters. The van der Waals surface area contributed by atoms with Crippen LogP contribution in [0.1, 0.15) is 11.1 Å². The largest absolute Gasteiger partial charge is 0.308 e. The summed E-state index contributed by atoms with van der Waals surface area (Å²) in [5.41, 5.74) is 1.65. The molecule has 2 rings (SSSR count). The van der Waals surface area contributed by atoms with E-state index in [0.717, 1.165) is 38.3 Å². The fourth-order valence-electron chi connectivity index (χ4n) is 2.22. The molecule has 0 unspecified atom stereocenters. The normalized spacial score (nSPS) is 17.3. The minimum atomic E-state index is -0.424. The van der Waals surface area contributed by atoms with Crippen LogP contribution in [-0.2, 0) is 6.54 Å². The fraction of sp³-hybridized carbons (Fsp3) is 0.462. The Labute approximate surface area is 112 Å². The average molecular weight is 262 g/mol. The van der Waals surface area contributed by atoms with Crippen LogP contribution in [0.2, 0.25) is 0 Å². The molecule has 0 aromatic heterocycles. The lowest BCUT2D eigenvalue weighted by Gasteiger charge is -2.32. The molecule has 0 spiro atoms. The number of nitro groups is 1. The lowest BCUT2D eigenvalue weighted by Crippen LogP contribution is -2.44. The Morgan fingerprint density at radius 3 is 2.63 bits per heavy atom. The van der Waals surface area contributed by atoms with Crippen molar-refractivity contribution in [3.63, 3.8) is 0 Å². The summed E-state index contributed by atoms with van der Waals surface area (Å²) in [7, 11) is 2.10. The maximum atomic E-state index is 10.7. The van der Waals surface area contributed by atoms with Crippen LogP contribution in [0.15, 0.2) is 18.2 Å². The van der Waals surface area contributed by atoms with Gasteiger partial charge in [0.25, 0.3) is 5.69 Å². The summed E-state index contributed by atoms with van der Waals surface area (Å²) in [6.45, 7) is 4.80. The maximum Gasteiger partial charge on any atom is 0.270 e. The monoisotopic (exact) mass is 262 g/mol. The van der Waals surface area contributed by atoms with E-state index in [1.165, 1.54) is 18.3 Å². The van der Waals surface area contributed by atoms with Crippen LogP contribution in [0.25, 0.3) is 0 Å². The smallest absolute Gasteiger partial charge is 0.270 e. The van der Waals surface area contributed by atoms with Crippen LogP contribution in [0, 0.1) is 15.5 Å². The van der Waals surface area contributed by atoms with Crippen molar-refractivity contribution < 1.29 is 4.92 Å². The molecule has 0 radical (unpaired) electrons. The van der Waals surface area contributed by atoms with E-state index in [0.29, 0.717) is 5.56 Å². The van der Waals surface area contributed by atoms with Crippen LogP contribution >= 0.6 is 0 Å². The second-order valence-corrected chi connectivity index (χ2v) is 4.86. The van der Waals surface area contributed by atoms with Crippen molar-refractivity contribution in [3.8, 4) is 0 Å². The molecule has 0 aliphatic carbocycles. The number of nitrogens with zero attached hydrogens (tertiary/aromatic N) is 3. The van der Waals surface area contributed by atoms with E-state index in [2.05, 4.69) is 16.8 Å². The summed E-state index contributed by atoms with van der Waals surface area (Å²) in [5, 5.41) is 18.1. The van der Waals surface area contributed by atoms with Gasteiger partial charge in [-0.1, -0.05) is 6.07 Å². The average Bonchev–Trinajstić information content (AvgIpc) is 2.41. The number of nitrogens with one attached hydrogen (secondary N) is 1. The van der Waals surface area contributed by atoms with Gasteiger partial charge in [0.15, 0.2) is 0 Å². The zero-order chi connectivity index (χ0) is 13.8. The van der Waals surface area contributed by atoms with Gasteiger partial charge in [0.1, 0.15) is 0 Å². The molecular formula is C13H18N4O2. The summed E-state index contributed by atoms with van der Waals surface area (Å²) >= 11 is 0. The summed E-state index contributed by atoms with van der Waals surface area (Å²) in [4.78, 5) is 14.9. The summed E-state index contributed by atoms with van der Waals surface area (Å²) < 4.78 is 0. The third kappa shape index (κ3) is 3.36. The molecule has 1 aliphatic rings. The number of non-ortho nitro benzene ring substituents is 1. The molecule has 0 saturated carbocycles. The highest BCUT2D eigenvalue weighted by Gasteiger charge is 2.16. The maximum absolute atomic E-state index is 10.7. The number of hydrogen-bond donors (Lipinski definition) is 1. The van der Waals surface area contributed by atoms with Crippen LogP contribution in [0.5, 0.6) is 0 Å². The van der Waals surface area contributed by atoms with Crippen molar-refractivity contribution in [1.29, 1.82) is 5.41 Å². The van der Waals surface area contributed by atoms with Gasteiger partial charge < -0.3 is 10.3 Å². The second kappa shape index (κ2) is 5.90. The Balaban J connectivity index is 2.11. The first-order valence-corrected chi connectivity index (χ1v) is 6.29. The Morgan fingerprint density at radius 1 is 1.37 bits per heavy atom. The van der Waals surface area contributed by atoms with Crippen LogP contribution in [0.4, 0.5) is 5.69 Å². The molecular weight excluding hydrogens is 244 g/mol. The van der Waals surface area contributed by atoms with E-state index >= 15 is 0 Å². The first-order chi connectivity index (χ1) is 9.10. The Hall–Kier alpha value is -1.79. The number of rotatable bonds is 4. The molecule has 1 aromatic rings. The van der Waals surface area contributed by atoms with Crippen molar-refractivity contribution in [1.82, 2.24) is 9.80 Å². The molecule has 102 valence electrons. The standard InChI is InChI=1S/C13H18N4O2/c1-15-4-6-16(7-5-15)10-11-2-3-13(17(18)19)8-12(11)9-14/h2-3,8-9,14H,4-7,10H2,1H3.